The molecule has 0 aliphatic rings. The number of nitro benzene ring substituents is 1. The molecule has 25 nitrogen and oxygen atoms in total. The van der Waals surface area contributed by atoms with E-state index in [1.165, 1.54) is 24.3 Å². The number of hydrogen-bond donors (Lipinski definition) is 8. The molecule has 298 valence electrons. The van der Waals surface area contributed by atoms with E-state index in [4.69, 9.17) is 16.2 Å². The number of phenols is 3. The first-order chi connectivity index (χ1) is 26.9. The second kappa shape index (κ2) is 17.5. The standard InChI is InChI=1S/C28H20N8O17S4/c29-13-1-4-16(19(37)9-13)31-30-14-2-5-18(22(10-14)56(44,45)46)33-34-25-21(55-53-51-43)7-12-8-23(57(47,48)49)26(28(39)24(12)27(25)38)35-32-17-6-3-15(36(40)41)11-20(17)54-52-50-42/h1-11,37-39,42-43H,29H2,(H,44,45,46)(H,47,48,49). The number of nitro groups is 1. The van der Waals surface area contributed by atoms with Gasteiger partial charge in [0.05, 0.1) is 49.9 Å². The molecule has 0 unspecified atom stereocenters. The lowest BCUT2D eigenvalue weighted by Crippen LogP contribution is -1.99. The molecule has 0 spiro atoms. The Hall–Kier alpha value is -5.96. The number of benzene rings is 5. The first kappa shape index (κ1) is 42.2. The van der Waals surface area contributed by atoms with Crippen molar-refractivity contribution < 1.29 is 75.4 Å². The van der Waals surface area contributed by atoms with Crippen LogP contribution in [-0.2, 0) is 39.0 Å². The number of anilines is 1. The lowest BCUT2D eigenvalue weighted by atomic mass is 10.1. The van der Waals surface area contributed by atoms with Crippen LogP contribution >= 0.6 is 24.1 Å². The molecule has 5 aromatic rings. The van der Waals surface area contributed by atoms with Crippen LogP contribution in [0.2, 0.25) is 0 Å². The molecule has 9 N–H and O–H groups in total. The molecule has 57 heavy (non-hydrogen) atoms. The Morgan fingerprint density at radius 1 is 0.649 bits per heavy atom. The van der Waals surface area contributed by atoms with Gasteiger partial charge in [-0.2, -0.15) is 21.9 Å². The largest absolute Gasteiger partial charge is 0.506 e. The van der Waals surface area contributed by atoms with E-state index in [-0.39, 0.29) is 67.8 Å². The van der Waals surface area contributed by atoms with Gasteiger partial charge in [-0.15, -0.1) is 34.2 Å². The van der Waals surface area contributed by atoms with Crippen LogP contribution in [0.3, 0.4) is 0 Å². The van der Waals surface area contributed by atoms with Crippen molar-refractivity contribution in [3.63, 3.8) is 0 Å². The zero-order valence-electron chi connectivity index (χ0n) is 27.4. The van der Waals surface area contributed by atoms with Crippen molar-refractivity contribution in [1.29, 1.82) is 0 Å². The van der Waals surface area contributed by atoms with Crippen molar-refractivity contribution in [3.8, 4) is 17.2 Å². The average Bonchev–Trinajstić information content (AvgIpc) is 3.14. The zero-order chi connectivity index (χ0) is 41.7. The van der Waals surface area contributed by atoms with E-state index in [2.05, 4.69) is 49.4 Å². The third-order valence-corrected chi connectivity index (χ3v) is 10.0. The summed E-state index contributed by atoms with van der Waals surface area (Å²) in [6.45, 7) is 0. The van der Waals surface area contributed by atoms with Crippen molar-refractivity contribution in [2.24, 2.45) is 30.7 Å². The van der Waals surface area contributed by atoms with Gasteiger partial charge in [-0.3, -0.25) is 19.2 Å². The van der Waals surface area contributed by atoms with Crippen LogP contribution < -0.4 is 5.73 Å². The van der Waals surface area contributed by atoms with E-state index in [0.29, 0.717) is 6.07 Å². The van der Waals surface area contributed by atoms with E-state index < -0.39 is 74.6 Å². The van der Waals surface area contributed by atoms with Gasteiger partial charge in [0.15, 0.2) is 11.5 Å². The Bertz CT molecular complexity index is 2720. The molecule has 5 rings (SSSR count). The monoisotopic (exact) mass is 868 g/mol. The summed E-state index contributed by atoms with van der Waals surface area (Å²) in [4.78, 5) is 7.90. The van der Waals surface area contributed by atoms with Gasteiger partial charge in [-0.05, 0) is 53.9 Å². The highest BCUT2D eigenvalue weighted by molar-refractivity contribution is 7.95. The van der Waals surface area contributed by atoms with Crippen molar-refractivity contribution in [3.05, 3.63) is 76.8 Å². The summed E-state index contributed by atoms with van der Waals surface area (Å²) in [7, 11) is -10.3. The number of nitrogen functional groups attached to an aromatic ring is 1. The molecule has 0 atom stereocenters. The Morgan fingerprint density at radius 3 is 1.86 bits per heavy atom. The van der Waals surface area contributed by atoms with Crippen LogP contribution in [0.1, 0.15) is 0 Å². The lowest BCUT2D eigenvalue weighted by Gasteiger charge is -2.13. The average molecular weight is 869 g/mol. The van der Waals surface area contributed by atoms with Crippen molar-refractivity contribution in [2.75, 3.05) is 5.73 Å². The van der Waals surface area contributed by atoms with E-state index in [0.717, 1.165) is 36.4 Å². The number of nitrogens with zero attached hydrogens (tertiary/aromatic N) is 7. The lowest BCUT2D eigenvalue weighted by molar-refractivity contribution is -0.432. The minimum absolute atomic E-state index is 0.0401. The summed E-state index contributed by atoms with van der Waals surface area (Å²) in [5.74, 6) is -2.54. The molecule has 0 bridgehead atoms. The van der Waals surface area contributed by atoms with Gasteiger partial charge in [0.1, 0.15) is 44.0 Å². The Kier molecular flexibility index (Phi) is 12.9. The molecule has 0 heterocycles. The van der Waals surface area contributed by atoms with E-state index in [1.807, 2.05) is 0 Å². The third-order valence-electron chi connectivity index (χ3n) is 7.00. The number of rotatable bonds is 15. The number of hydrogen-bond acceptors (Lipinski definition) is 24. The minimum Gasteiger partial charge on any atom is -0.506 e. The normalized spacial score (nSPS) is 12.4. The summed E-state index contributed by atoms with van der Waals surface area (Å²) < 4.78 is 78.3. The Morgan fingerprint density at radius 2 is 1.23 bits per heavy atom. The number of fused-ring (bicyclic) bond motifs is 1. The number of nitrogens with two attached hydrogens (primary N) is 1. The van der Waals surface area contributed by atoms with Gasteiger partial charge in [0.2, 0.25) is 0 Å². The molecule has 29 heteroatoms. The highest BCUT2D eigenvalue weighted by Crippen LogP contribution is 2.51. The second-order valence-corrected chi connectivity index (χ2v) is 14.8. The first-order valence-corrected chi connectivity index (χ1v) is 18.9. The minimum atomic E-state index is -5.26. The van der Waals surface area contributed by atoms with Gasteiger partial charge in [-0.1, -0.05) is 10.1 Å². The molecule has 0 saturated carbocycles. The highest BCUT2D eigenvalue weighted by Gasteiger charge is 2.27. The summed E-state index contributed by atoms with van der Waals surface area (Å²) in [6, 6.07) is 11.5. The van der Waals surface area contributed by atoms with Crippen LogP contribution in [0.4, 0.5) is 45.5 Å². The molecule has 0 amide bonds. The Labute approximate surface area is 325 Å². The molecule has 0 aliphatic carbocycles. The van der Waals surface area contributed by atoms with E-state index in [9.17, 15) is 51.4 Å². The summed E-state index contributed by atoms with van der Waals surface area (Å²) in [5, 5.41) is 90.0. The van der Waals surface area contributed by atoms with Crippen LogP contribution in [0, 0.1) is 10.1 Å². The fourth-order valence-electron chi connectivity index (χ4n) is 4.58. The summed E-state index contributed by atoms with van der Waals surface area (Å²) in [5.41, 5.74) is 2.61. The molecule has 0 radical (unpaired) electrons. The summed E-state index contributed by atoms with van der Waals surface area (Å²) in [6.07, 6.45) is 0. The SMILES string of the molecule is Nc1ccc(N=Nc2ccc(N=Nc3c(SOOO)cc4cc(S(=O)(=O)O)c(N=Nc5ccc([N+](=O)[O-])cc5SOOO)c(O)c4c3O)c(S(=O)(=O)O)c2)c(O)c1. The second-order valence-electron chi connectivity index (χ2n) is 10.6. The fourth-order valence-corrected chi connectivity index (χ4v) is 6.85. The van der Waals surface area contributed by atoms with Gasteiger partial charge >= 0.3 is 0 Å². The molecular formula is C28H20N8O17S4. The number of azo groups is 3. The molecule has 0 saturated heterocycles. The predicted octanol–water partition coefficient (Wildman–Crippen LogP) is 8.04. The topological polar surface area (TPSA) is 390 Å². The number of aromatic hydroxyl groups is 3. The van der Waals surface area contributed by atoms with Crippen LogP contribution in [-0.4, -0.2) is 56.7 Å². The van der Waals surface area contributed by atoms with E-state index >= 15 is 0 Å². The number of phenolic OH excluding ortho intramolecular Hbond substituents is 3. The highest BCUT2D eigenvalue weighted by atomic mass is 32.2. The molecule has 0 aromatic heterocycles. The molecule has 5 aromatic carbocycles. The third kappa shape index (κ3) is 9.89. The van der Waals surface area contributed by atoms with Crippen LogP contribution in [0.5, 0.6) is 17.2 Å². The first-order valence-electron chi connectivity index (χ1n) is 14.5. The molecule has 0 aliphatic heterocycles. The zero-order valence-corrected chi connectivity index (χ0v) is 30.7. The molecular weight excluding hydrogens is 849 g/mol. The smallest absolute Gasteiger partial charge is 0.296 e. The van der Waals surface area contributed by atoms with Crippen LogP contribution in [0.25, 0.3) is 10.8 Å². The van der Waals surface area contributed by atoms with Crippen molar-refractivity contribution >= 4 is 101 Å². The maximum Gasteiger partial charge on any atom is 0.296 e. The van der Waals surface area contributed by atoms with Crippen molar-refractivity contribution in [2.45, 2.75) is 19.6 Å². The Balaban J connectivity index is 1.66. The summed E-state index contributed by atoms with van der Waals surface area (Å²) >= 11 is 0.347. The van der Waals surface area contributed by atoms with Gasteiger partial charge in [0, 0.05) is 23.9 Å². The van der Waals surface area contributed by atoms with Gasteiger partial charge < -0.3 is 21.1 Å². The van der Waals surface area contributed by atoms with Crippen LogP contribution in [0.15, 0.2) is 117 Å². The number of non-ortho nitro benzene ring substituents is 1. The quantitative estimate of drug-likeness (QED) is 0.00937. The fraction of sp³-hybridized carbons (Fsp3) is 0. The van der Waals surface area contributed by atoms with Crippen molar-refractivity contribution in [1.82, 2.24) is 0 Å². The van der Waals surface area contributed by atoms with E-state index in [1.54, 1.807) is 0 Å². The van der Waals surface area contributed by atoms with Gasteiger partial charge in [0.25, 0.3) is 25.9 Å². The predicted molar refractivity (Wildman–Crippen MR) is 193 cm³/mol. The molecule has 0 fully saturated rings. The maximum absolute atomic E-state index is 12.5. The van der Waals surface area contributed by atoms with Gasteiger partial charge in [-0.25, -0.2) is 10.5 Å². The maximum atomic E-state index is 12.5.